The van der Waals surface area contributed by atoms with Gasteiger partial charge < -0.3 is 14.7 Å². The molecule has 0 bridgehead atoms. The minimum absolute atomic E-state index is 0.0594. The summed E-state index contributed by atoms with van der Waals surface area (Å²) >= 11 is 0. The van der Waals surface area contributed by atoms with E-state index >= 15 is 0 Å². The van der Waals surface area contributed by atoms with Gasteiger partial charge in [0.15, 0.2) is 0 Å². The van der Waals surface area contributed by atoms with Crippen LogP contribution in [-0.2, 0) is 4.79 Å². The highest BCUT2D eigenvalue weighted by atomic mass is 16.5. The standard InChI is InChI=1S/C18H20N4O3/c1-12-14(11-20-25-12)17(24)22-7-4-18(5-8-22)15(9-16(23)21-18)13-3-2-6-19-10-13/h2-3,6,10-11,15H,4-5,7-9H2,1H3,(H,21,23). The van der Waals surface area contributed by atoms with Gasteiger partial charge in [0.25, 0.3) is 5.91 Å². The summed E-state index contributed by atoms with van der Waals surface area (Å²) in [5.74, 6) is 0.648. The van der Waals surface area contributed by atoms with Crippen molar-refractivity contribution in [2.75, 3.05) is 13.1 Å². The van der Waals surface area contributed by atoms with Gasteiger partial charge in [-0.1, -0.05) is 11.2 Å². The van der Waals surface area contributed by atoms with Crippen LogP contribution in [0, 0.1) is 6.92 Å². The molecule has 7 heteroatoms. The first-order valence-corrected chi connectivity index (χ1v) is 8.50. The van der Waals surface area contributed by atoms with Gasteiger partial charge in [0.05, 0.1) is 11.7 Å². The second-order valence-corrected chi connectivity index (χ2v) is 6.84. The Labute approximate surface area is 145 Å². The summed E-state index contributed by atoms with van der Waals surface area (Å²) in [5.41, 5.74) is 1.30. The number of piperidine rings is 1. The van der Waals surface area contributed by atoms with Crippen molar-refractivity contribution in [3.63, 3.8) is 0 Å². The summed E-state index contributed by atoms with van der Waals surface area (Å²) < 4.78 is 5.00. The lowest BCUT2D eigenvalue weighted by atomic mass is 9.74. The van der Waals surface area contributed by atoms with Crippen LogP contribution in [0.1, 0.15) is 46.9 Å². The van der Waals surface area contributed by atoms with Crippen molar-refractivity contribution in [2.24, 2.45) is 0 Å². The second-order valence-electron chi connectivity index (χ2n) is 6.84. The molecule has 0 radical (unpaired) electrons. The SMILES string of the molecule is Cc1oncc1C(=O)N1CCC2(CC1)NC(=O)CC2c1cccnc1. The number of carbonyl (C=O) groups excluding carboxylic acids is 2. The number of pyridine rings is 1. The zero-order valence-corrected chi connectivity index (χ0v) is 14.1. The first kappa shape index (κ1) is 15.8. The Morgan fingerprint density at radius 3 is 2.80 bits per heavy atom. The monoisotopic (exact) mass is 340 g/mol. The van der Waals surface area contributed by atoms with Gasteiger partial charge in [-0.2, -0.15) is 0 Å². The fraction of sp³-hybridized carbons (Fsp3) is 0.444. The van der Waals surface area contributed by atoms with E-state index in [-0.39, 0.29) is 23.3 Å². The molecular formula is C18H20N4O3. The van der Waals surface area contributed by atoms with E-state index in [2.05, 4.69) is 15.5 Å². The lowest BCUT2D eigenvalue weighted by Gasteiger charge is -2.42. The summed E-state index contributed by atoms with van der Waals surface area (Å²) in [6, 6.07) is 3.93. The minimum Gasteiger partial charge on any atom is -0.361 e. The van der Waals surface area contributed by atoms with Crippen molar-refractivity contribution in [2.45, 2.75) is 37.6 Å². The van der Waals surface area contributed by atoms with E-state index in [1.54, 1.807) is 13.1 Å². The topological polar surface area (TPSA) is 88.3 Å². The molecular weight excluding hydrogens is 320 g/mol. The molecule has 130 valence electrons. The van der Waals surface area contributed by atoms with E-state index in [9.17, 15) is 9.59 Å². The Kier molecular flexibility index (Phi) is 3.78. The third-order valence-corrected chi connectivity index (χ3v) is 5.46. The largest absolute Gasteiger partial charge is 0.361 e. The zero-order chi connectivity index (χ0) is 17.4. The summed E-state index contributed by atoms with van der Waals surface area (Å²) in [5, 5.41) is 6.87. The number of likely N-dealkylation sites (tertiary alicyclic amines) is 1. The van der Waals surface area contributed by atoms with Crippen molar-refractivity contribution in [1.29, 1.82) is 0 Å². The van der Waals surface area contributed by atoms with Gasteiger partial charge in [0.2, 0.25) is 5.91 Å². The van der Waals surface area contributed by atoms with Gasteiger partial charge in [-0.05, 0) is 31.4 Å². The molecule has 2 fully saturated rings. The Morgan fingerprint density at radius 1 is 1.36 bits per heavy atom. The molecule has 4 rings (SSSR count). The van der Waals surface area contributed by atoms with E-state index in [4.69, 9.17) is 4.52 Å². The third kappa shape index (κ3) is 2.69. The minimum atomic E-state index is -0.291. The number of nitrogens with zero attached hydrogens (tertiary/aromatic N) is 3. The molecule has 1 N–H and O–H groups in total. The number of nitrogens with one attached hydrogen (secondary N) is 1. The van der Waals surface area contributed by atoms with Crippen LogP contribution in [0.4, 0.5) is 0 Å². The van der Waals surface area contributed by atoms with Crippen molar-refractivity contribution >= 4 is 11.8 Å². The van der Waals surface area contributed by atoms with E-state index in [1.807, 2.05) is 23.2 Å². The van der Waals surface area contributed by atoms with Gasteiger partial charge in [0.1, 0.15) is 11.3 Å². The van der Waals surface area contributed by atoms with Crippen LogP contribution < -0.4 is 5.32 Å². The molecule has 7 nitrogen and oxygen atoms in total. The van der Waals surface area contributed by atoms with Crippen molar-refractivity contribution in [1.82, 2.24) is 20.4 Å². The van der Waals surface area contributed by atoms with Gasteiger partial charge in [-0.25, -0.2) is 0 Å². The number of rotatable bonds is 2. The third-order valence-electron chi connectivity index (χ3n) is 5.46. The van der Waals surface area contributed by atoms with E-state index < -0.39 is 0 Å². The predicted octanol–water partition coefficient (Wildman–Crippen LogP) is 1.66. The molecule has 2 saturated heterocycles. The van der Waals surface area contributed by atoms with Crippen molar-refractivity contribution < 1.29 is 14.1 Å². The smallest absolute Gasteiger partial charge is 0.259 e. The van der Waals surface area contributed by atoms with Crippen LogP contribution in [0.2, 0.25) is 0 Å². The van der Waals surface area contributed by atoms with Gasteiger partial charge >= 0.3 is 0 Å². The predicted molar refractivity (Wildman–Crippen MR) is 88.8 cm³/mol. The van der Waals surface area contributed by atoms with Gasteiger partial charge in [-0.15, -0.1) is 0 Å². The average Bonchev–Trinajstić information content (AvgIpc) is 3.19. The number of hydrogen-bond acceptors (Lipinski definition) is 5. The van der Waals surface area contributed by atoms with Crippen LogP contribution in [-0.4, -0.2) is 45.5 Å². The molecule has 2 aromatic heterocycles. The molecule has 2 aliphatic rings. The quantitative estimate of drug-likeness (QED) is 0.898. The average molecular weight is 340 g/mol. The first-order chi connectivity index (χ1) is 12.1. The van der Waals surface area contributed by atoms with Crippen molar-refractivity contribution in [3.05, 3.63) is 47.6 Å². The highest BCUT2D eigenvalue weighted by Gasteiger charge is 2.49. The van der Waals surface area contributed by atoms with E-state index in [0.717, 1.165) is 18.4 Å². The van der Waals surface area contributed by atoms with Gasteiger partial charge in [0, 0.05) is 37.8 Å². The van der Waals surface area contributed by atoms with Crippen molar-refractivity contribution in [3.8, 4) is 0 Å². The van der Waals surface area contributed by atoms with Crippen LogP contribution >= 0.6 is 0 Å². The number of hydrogen-bond donors (Lipinski definition) is 1. The molecule has 25 heavy (non-hydrogen) atoms. The molecule has 1 spiro atoms. The molecule has 1 unspecified atom stereocenters. The maximum absolute atomic E-state index is 12.6. The van der Waals surface area contributed by atoms with Crippen LogP contribution in [0.15, 0.2) is 35.2 Å². The normalized spacial score (nSPS) is 22.2. The van der Waals surface area contributed by atoms with E-state index in [0.29, 0.717) is 30.8 Å². The summed E-state index contributed by atoms with van der Waals surface area (Å²) in [4.78, 5) is 30.8. The highest BCUT2D eigenvalue weighted by Crippen LogP contribution is 2.43. The maximum Gasteiger partial charge on any atom is 0.259 e. The Morgan fingerprint density at radius 2 is 2.16 bits per heavy atom. The van der Waals surface area contributed by atoms with E-state index in [1.165, 1.54) is 6.20 Å². The van der Waals surface area contributed by atoms with Gasteiger partial charge in [-0.3, -0.25) is 14.6 Å². The molecule has 4 heterocycles. The Hall–Kier alpha value is -2.70. The second kappa shape index (κ2) is 5.98. The highest BCUT2D eigenvalue weighted by molar-refractivity contribution is 5.95. The molecule has 0 saturated carbocycles. The molecule has 2 aliphatic heterocycles. The summed E-state index contributed by atoms with van der Waals surface area (Å²) in [6.45, 7) is 2.93. The fourth-order valence-electron chi connectivity index (χ4n) is 4.07. The zero-order valence-electron chi connectivity index (χ0n) is 14.1. The van der Waals surface area contributed by atoms with Crippen LogP contribution in [0.25, 0.3) is 0 Å². The number of amides is 2. The molecule has 0 aliphatic carbocycles. The molecule has 1 atom stereocenters. The number of aryl methyl sites for hydroxylation is 1. The first-order valence-electron chi connectivity index (χ1n) is 8.50. The Bertz CT molecular complexity index is 794. The lowest BCUT2D eigenvalue weighted by molar-refractivity contribution is -0.120. The number of aromatic nitrogens is 2. The fourth-order valence-corrected chi connectivity index (χ4v) is 4.07. The summed E-state index contributed by atoms with van der Waals surface area (Å²) in [7, 11) is 0. The number of carbonyl (C=O) groups is 2. The molecule has 0 aromatic carbocycles. The molecule has 2 aromatic rings. The van der Waals surface area contributed by atoms with Crippen LogP contribution in [0.3, 0.4) is 0 Å². The Balaban J connectivity index is 1.52. The lowest BCUT2D eigenvalue weighted by Crippen LogP contribution is -2.54. The maximum atomic E-state index is 12.6. The summed E-state index contributed by atoms with van der Waals surface area (Å²) in [6.07, 6.45) is 6.98. The molecule has 2 amide bonds. The van der Waals surface area contributed by atoms with Crippen LogP contribution in [0.5, 0.6) is 0 Å².